The summed E-state index contributed by atoms with van der Waals surface area (Å²) < 4.78 is 0. The van der Waals surface area contributed by atoms with E-state index in [1.54, 1.807) is 13.8 Å². The summed E-state index contributed by atoms with van der Waals surface area (Å²) in [6, 6.07) is -0.754. The Hall–Kier alpha value is -1.10. The molecule has 0 aromatic heterocycles. The SMILES string of the molecule is CC(C)C1(C)C(=O)NC(=O)N1O. The molecule has 0 aromatic rings. The molecule has 1 fully saturated rings. The van der Waals surface area contributed by atoms with Crippen molar-refractivity contribution in [1.29, 1.82) is 0 Å². The Kier molecular flexibility index (Phi) is 1.83. The number of rotatable bonds is 1. The fourth-order valence-corrected chi connectivity index (χ4v) is 1.09. The van der Waals surface area contributed by atoms with Crippen LogP contribution in [0.1, 0.15) is 20.8 Å². The van der Waals surface area contributed by atoms with E-state index < -0.39 is 17.5 Å². The fraction of sp³-hybridized carbons (Fsp3) is 0.714. The minimum atomic E-state index is -1.13. The van der Waals surface area contributed by atoms with Crippen LogP contribution < -0.4 is 5.32 Å². The molecular weight excluding hydrogens is 160 g/mol. The van der Waals surface area contributed by atoms with Gasteiger partial charge >= 0.3 is 6.03 Å². The van der Waals surface area contributed by atoms with E-state index in [0.717, 1.165) is 0 Å². The molecule has 2 N–H and O–H groups in total. The van der Waals surface area contributed by atoms with Crippen molar-refractivity contribution in [3.05, 3.63) is 0 Å². The summed E-state index contributed by atoms with van der Waals surface area (Å²) in [5.41, 5.74) is -1.13. The molecule has 1 saturated heterocycles. The zero-order valence-electron chi connectivity index (χ0n) is 7.29. The quantitative estimate of drug-likeness (QED) is 0.442. The van der Waals surface area contributed by atoms with Gasteiger partial charge in [-0.25, -0.2) is 4.79 Å². The smallest absolute Gasteiger partial charge is 0.283 e. The van der Waals surface area contributed by atoms with Crippen LogP contribution >= 0.6 is 0 Å². The van der Waals surface area contributed by atoms with E-state index in [0.29, 0.717) is 5.06 Å². The van der Waals surface area contributed by atoms with Crippen LogP contribution in [0.2, 0.25) is 0 Å². The molecule has 1 unspecified atom stereocenters. The van der Waals surface area contributed by atoms with Gasteiger partial charge in [-0.15, -0.1) is 0 Å². The molecule has 1 aliphatic heterocycles. The lowest BCUT2D eigenvalue weighted by molar-refractivity contribution is -0.150. The predicted molar refractivity (Wildman–Crippen MR) is 40.4 cm³/mol. The second-order valence-electron chi connectivity index (χ2n) is 3.37. The average molecular weight is 172 g/mol. The third-order valence-corrected chi connectivity index (χ3v) is 2.44. The fourth-order valence-electron chi connectivity index (χ4n) is 1.09. The molecule has 0 aromatic carbocycles. The van der Waals surface area contributed by atoms with E-state index >= 15 is 0 Å². The molecule has 1 atom stereocenters. The van der Waals surface area contributed by atoms with E-state index in [9.17, 15) is 14.8 Å². The molecule has 0 bridgehead atoms. The van der Waals surface area contributed by atoms with Crippen LogP contribution in [0.15, 0.2) is 0 Å². The van der Waals surface area contributed by atoms with Gasteiger partial charge in [-0.3, -0.25) is 15.3 Å². The van der Waals surface area contributed by atoms with E-state index in [2.05, 4.69) is 0 Å². The van der Waals surface area contributed by atoms with Crippen molar-refractivity contribution in [3.63, 3.8) is 0 Å². The molecule has 0 aliphatic carbocycles. The molecule has 3 amide bonds. The first-order chi connectivity index (χ1) is 5.40. The Labute approximate surface area is 70.3 Å². The minimum absolute atomic E-state index is 0.131. The summed E-state index contributed by atoms with van der Waals surface area (Å²) in [6.07, 6.45) is 0. The zero-order valence-corrected chi connectivity index (χ0v) is 7.29. The van der Waals surface area contributed by atoms with Crippen molar-refractivity contribution in [2.75, 3.05) is 0 Å². The molecule has 0 spiro atoms. The van der Waals surface area contributed by atoms with E-state index in [-0.39, 0.29) is 5.92 Å². The molecule has 1 aliphatic rings. The highest BCUT2D eigenvalue weighted by Crippen LogP contribution is 2.27. The van der Waals surface area contributed by atoms with Gasteiger partial charge in [-0.05, 0) is 12.8 Å². The molecule has 1 rings (SSSR count). The van der Waals surface area contributed by atoms with Crippen LogP contribution in [0.25, 0.3) is 0 Å². The molecule has 5 heteroatoms. The monoisotopic (exact) mass is 172 g/mol. The summed E-state index contributed by atoms with van der Waals surface area (Å²) >= 11 is 0. The maximum absolute atomic E-state index is 11.2. The first kappa shape index (κ1) is 8.99. The average Bonchev–Trinajstić information content (AvgIpc) is 2.16. The van der Waals surface area contributed by atoms with Gasteiger partial charge in [0.2, 0.25) is 0 Å². The topological polar surface area (TPSA) is 69.6 Å². The van der Waals surface area contributed by atoms with Gasteiger partial charge < -0.3 is 0 Å². The summed E-state index contributed by atoms with van der Waals surface area (Å²) in [5, 5.41) is 11.8. The van der Waals surface area contributed by atoms with Crippen LogP contribution in [0.3, 0.4) is 0 Å². The van der Waals surface area contributed by atoms with Crippen LogP contribution in [0.4, 0.5) is 4.79 Å². The minimum Gasteiger partial charge on any atom is -0.283 e. The number of urea groups is 1. The van der Waals surface area contributed by atoms with E-state index in [4.69, 9.17) is 0 Å². The normalized spacial score (nSPS) is 29.9. The summed E-state index contributed by atoms with van der Waals surface area (Å²) in [6.45, 7) is 5.06. The van der Waals surface area contributed by atoms with E-state index in [1.165, 1.54) is 6.92 Å². The summed E-state index contributed by atoms with van der Waals surface area (Å²) in [4.78, 5) is 22.1. The summed E-state index contributed by atoms with van der Waals surface area (Å²) in [7, 11) is 0. The van der Waals surface area contributed by atoms with Gasteiger partial charge in [0.1, 0.15) is 5.54 Å². The van der Waals surface area contributed by atoms with Crippen molar-refractivity contribution in [3.8, 4) is 0 Å². The Bertz CT molecular complexity index is 239. The Morgan fingerprint density at radius 2 is 2.00 bits per heavy atom. The van der Waals surface area contributed by atoms with Crippen LogP contribution in [-0.2, 0) is 4.79 Å². The number of amides is 3. The van der Waals surface area contributed by atoms with Gasteiger partial charge in [-0.1, -0.05) is 13.8 Å². The number of nitrogens with one attached hydrogen (secondary N) is 1. The number of nitrogens with zero attached hydrogens (tertiary/aromatic N) is 1. The number of carbonyl (C=O) groups is 2. The molecule has 68 valence electrons. The van der Waals surface area contributed by atoms with Gasteiger partial charge in [0, 0.05) is 0 Å². The lowest BCUT2D eigenvalue weighted by atomic mass is 9.88. The molecule has 0 saturated carbocycles. The molecule has 1 heterocycles. The molecule has 0 radical (unpaired) electrons. The van der Waals surface area contributed by atoms with E-state index in [1.807, 2.05) is 5.32 Å². The second-order valence-corrected chi connectivity index (χ2v) is 3.37. The maximum atomic E-state index is 11.2. The number of carbonyl (C=O) groups excluding carboxylic acids is 2. The van der Waals surface area contributed by atoms with Crippen LogP contribution in [-0.4, -0.2) is 27.7 Å². The van der Waals surface area contributed by atoms with Crippen molar-refractivity contribution in [1.82, 2.24) is 10.4 Å². The zero-order chi connectivity index (χ0) is 9.52. The van der Waals surface area contributed by atoms with Crippen molar-refractivity contribution in [2.45, 2.75) is 26.3 Å². The first-order valence-electron chi connectivity index (χ1n) is 3.75. The molecule has 5 nitrogen and oxygen atoms in total. The van der Waals surface area contributed by atoms with Gasteiger partial charge in [-0.2, -0.15) is 5.06 Å². The van der Waals surface area contributed by atoms with Gasteiger partial charge in [0.05, 0.1) is 0 Å². The maximum Gasteiger partial charge on any atom is 0.348 e. The van der Waals surface area contributed by atoms with Gasteiger partial charge in [0.15, 0.2) is 0 Å². The molecule has 12 heavy (non-hydrogen) atoms. The number of imide groups is 1. The van der Waals surface area contributed by atoms with Crippen molar-refractivity contribution in [2.24, 2.45) is 5.92 Å². The first-order valence-corrected chi connectivity index (χ1v) is 3.75. The highest BCUT2D eigenvalue weighted by Gasteiger charge is 2.51. The standard InChI is InChI=1S/C7H12N2O3/c1-4(2)7(3)5(10)8-6(11)9(7)12/h4,12H,1-3H3,(H,8,10,11). The predicted octanol–water partition coefficient (Wildman–Crippen LogP) is 0.342. The Balaban J connectivity index is 3.03. The van der Waals surface area contributed by atoms with Gasteiger partial charge in [0.25, 0.3) is 5.91 Å². The Morgan fingerprint density at radius 1 is 1.50 bits per heavy atom. The lowest BCUT2D eigenvalue weighted by Gasteiger charge is -2.29. The Morgan fingerprint density at radius 3 is 2.17 bits per heavy atom. The van der Waals surface area contributed by atoms with Crippen LogP contribution in [0, 0.1) is 5.92 Å². The summed E-state index contributed by atoms with van der Waals surface area (Å²) in [5.74, 6) is -0.584. The van der Waals surface area contributed by atoms with Crippen LogP contribution in [0.5, 0.6) is 0 Å². The number of hydrogen-bond acceptors (Lipinski definition) is 3. The third kappa shape index (κ3) is 0.896. The number of hydrogen-bond donors (Lipinski definition) is 2. The second kappa shape index (κ2) is 2.45. The number of hydroxylamine groups is 2. The van der Waals surface area contributed by atoms with Crippen molar-refractivity contribution < 1.29 is 14.8 Å². The van der Waals surface area contributed by atoms with Crippen molar-refractivity contribution >= 4 is 11.9 Å². The largest absolute Gasteiger partial charge is 0.348 e. The highest BCUT2D eigenvalue weighted by atomic mass is 16.5. The third-order valence-electron chi connectivity index (χ3n) is 2.44. The lowest BCUT2D eigenvalue weighted by Crippen LogP contribution is -2.49. The highest BCUT2D eigenvalue weighted by molar-refractivity contribution is 6.06. The molecular formula is C7H12N2O3.